The highest BCUT2D eigenvalue weighted by molar-refractivity contribution is 5.99. The van der Waals surface area contributed by atoms with Gasteiger partial charge in [0.1, 0.15) is 5.75 Å². The van der Waals surface area contributed by atoms with Crippen LogP contribution >= 0.6 is 0 Å². The number of benzene rings is 2. The van der Waals surface area contributed by atoms with E-state index in [0.717, 1.165) is 22.1 Å². The van der Waals surface area contributed by atoms with Crippen LogP contribution in [0.15, 0.2) is 67.0 Å². The summed E-state index contributed by atoms with van der Waals surface area (Å²) in [6.07, 6.45) is 3.63. The average Bonchev–Trinajstić information content (AvgIpc) is 3.01. The van der Waals surface area contributed by atoms with E-state index in [2.05, 4.69) is 10.1 Å². The Hall–Kier alpha value is -3.67. The number of nitrogens with zero attached hydrogens (tertiary/aromatic N) is 3. The van der Waals surface area contributed by atoms with E-state index in [4.69, 9.17) is 5.73 Å². The third-order valence-corrected chi connectivity index (χ3v) is 4.25. The van der Waals surface area contributed by atoms with Crippen LogP contribution in [-0.2, 0) is 6.42 Å². The smallest absolute Gasteiger partial charge is 0.251 e. The number of nitrogens with two attached hydrogens (primary N) is 1. The molecule has 0 amide bonds. The number of carbonyl (C=O) groups is 1. The van der Waals surface area contributed by atoms with Crippen molar-refractivity contribution in [2.45, 2.75) is 6.42 Å². The van der Waals surface area contributed by atoms with Gasteiger partial charge >= 0.3 is 0 Å². The molecule has 0 saturated heterocycles. The highest BCUT2D eigenvalue weighted by Crippen LogP contribution is 2.27. The van der Waals surface area contributed by atoms with Crippen LogP contribution in [0.5, 0.6) is 5.75 Å². The van der Waals surface area contributed by atoms with Crippen LogP contribution in [0.3, 0.4) is 0 Å². The Bertz CT molecular complexity index is 1090. The van der Waals surface area contributed by atoms with Gasteiger partial charge in [-0.05, 0) is 53.1 Å². The minimum absolute atomic E-state index is 0.165. The van der Waals surface area contributed by atoms with Crippen molar-refractivity contribution in [2.75, 3.05) is 5.73 Å². The summed E-state index contributed by atoms with van der Waals surface area (Å²) >= 11 is 0. The van der Waals surface area contributed by atoms with Gasteiger partial charge in [-0.15, -0.1) is 5.10 Å². The number of hydrogen-bond acceptors (Lipinski definition) is 5. The molecular formula is C20H16N4O2. The van der Waals surface area contributed by atoms with E-state index in [0.29, 0.717) is 11.3 Å². The Kier molecular flexibility index (Phi) is 3.85. The highest BCUT2D eigenvalue weighted by Gasteiger charge is 2.15. The van der Waals surface area contributed by atoms with Crippen LogP contribution in [0.1, 0.15) is 10.4 Å². The van der Waals surface area contributed by atoms with Crippen LogP contribution in [-0.4, -0.2) is 25.8 Å². The zero-order chi connectivity index (χ0) is 18.1. The molecular weight excluding hydrogens is 328 g/mol. The SMILES string of the molecule is Nc1nn(C(=O)Cc2ccc(O)cc2)c2ccc(-c3ccncc3)cc12. The molecule has 0 radical (unpaired) electrons. The van der Waals surface area contributed by atoms with Crippen LogP contribution in [0.2, 0.25) is 0 Å². The van der Waals surface area contributed by atoms with E-state index >= 15 is 0 Å². The number of phenols is 1. The van der Waals surface area contributed by atoms with Crippen molar-refractivity contribution >= 4 is 22.6 Å². The minimum Gasteiger partial charge on any atom is -0.508 e. The maximum Gasteiger partial charge on any atom is 0.251 e. The lowest BCUT2D eigenvalue weighted by atomic mass is 10.1. The summed E-state index contributed by atoms with van der Waals surface area (Å²) in [7, 11) is 0. The normalized spacial score (nSPS) is 10.9. The first kappa shape index (κ1) is 15.8. The van der Waals surface area contributed by atoms with Crippen LogP contribution in [0.4, 0.5) is 5.82 Å². The number of aromatic nitrogens is 3. The van der Waals surface area contributed by atoms with Crippen molar-refractivity contribution in [3.05, 3.63) is 72.6 Å². The first-order valence-electron chi connectivity index (χ1n) is 8.11. The van der Waals surface area contributed by atoms with Crippen molar-refractivity contribution in [3.63, 3.8) is 0 Å². The first-order valence-corrected chi connectivity index (χ1v) is 8.11. The van der Waals surface area contributed by atoms with Gasteiger partial charge < -0.3 is 10.8 Å². The molecule has 0 bridgehead atoms. The average molecular weight is 344 g/mol. The fourth-order valence-electron chi connectivity index (χ4n) is 2.92. The number of rotatable bonds is 3. The topological polar surface area (TPSA) is 94.0 Å². The predicted molar refractivity (Wildman–Crippen MR) is 99.8 cm³/mol. The van der Waals surface area contributed by atoms with E-state index in [-0.39, 0.29) is 18.1 Å². The first-order chi connectivity index (χ1) is 12.6. The lowest BCUT2D eigenvalue weighted by Gasteiger charge is -2.04. The number of fused-ring (bicyclic) bond motifs is 1. The molecule has 0 aliphatic rings. The second kappa shape index (κ2) is 6.33. The molecule has 0 spiro atoms. The summed E-state index contributed by atoms with van der Waals surface area (Å²) in [5.41, 5.74) is 9.51. The van der Waals surface area contributed by atoms with Gasteiger partial charge in [-0.1, -0.05) is 18.2 Å². The summed E-state index contributed by atoms with van der Waals surface area (Å²) in [6.45, 7) is 0. The van der Waals surface area contributed by atoms with Crippen molar-refractivity contribution in [3.8, 4) is 16.9 Å². The fraction of sp³-hybridized carbons (Fsp3) is 0.0500. The Morgan fingerprint density at radius 1 is 1.00 bits per heavy atom. The molecule has 26 heavy (non-hydrogen) atoms. The zero-order valence-corrected chi connectivity index (χ0v) is 13.8. The van der Waals surface area contributed by atoms with E-state index < -0.39 is 0 Å². The molecule has 4 aromatic rings. The monoisotopic (exact) mass is 344 g/mol. The van der Waals surface area contributed by atoms with Crippen LogP contribution in [0, 0.1) is 0 Å². The van der Waals surface area contributed by atoms with Gasteiger partial charge in [0.2, 0.25) is 0 Å². The van der Waals surface area contributed by atoms with Gasteiger partial charge in [0.25, 0.3) is 5.91 Å². The number of phenolic OH excluding ortho intramolecular Hbond substituents is 1. The Morgan fingerprint density at radius 3 is 2.46 bits per heavy atom. The van der Waals surface area contributed by atoms with Gasteiger partial charge in [-0.2, -0.15) is 4.68 Å². The number of pyridine rings is 1. The maximum absolute atomic E-state index is 12.7. The van der Waals surface area contributed by atoms with Crippen LogP contribution in [0.25, 0.3) is 22.0 Å². The third-order valence-electron chi connectivity index (χ3n) is 4.25. The summed E-state index contributed by atoms with van der Waals surface area (Å²) in [6, 6.07) is 16.1. The van der Waals surface area contributed by atoms with E-state index in [1.807, 2.05) is 30.3 Å². The molecule has 2 aromatic heterocycles. The molecule has 0 saturated carbocycles. The van der Waals surface area contributed by atoms with Gasteiger partial charge in [-0.3, -0.25) is 9.78 Å². The summed E-state index contributed by atoms with van der Waals surface area (Å²) < 4.78 is 1.34. The van der Waals surface area contributed by atoms with Gasteiger partial charge in [0, 0.05) is 17.8 Å². The Morgan fingerprint density at radius 2 is 1.73 bits per heavy atom. The minimum atomic E-state index is -0.186. The summed E-state index contributed by atoms with van der Waals surface area (Å²) in [5, 5.41) is 14.3. The van der Waals surface area contributed by atoms with Crippen LogP contribution < -0.4 is 5.73 Å². The molecule has 2 heterocycles. The van der Waals surface area contributed by atoms with Gasteiger partial charge in [0.05, 0.1) is 11.9 Å². The summed E-state index contributed by atoms with van der Waals surface area (Å²) in [5.74, 6) is 0.294. The lowest BCUT2D eigenvalue weighted by molar-refractivity contribution is 0.0904. The Balaban J connectivity index is 1.70. The third kappa shape index (κ3) is 2.88. The molecule has 0 unspecified atom stereocenters. The molecule has 0 fully saturated rings. The lowest BCUT2D eigenvalue weighted by Crippen LogP contribution is -2.15. The zero-order valence-electron chi connectivity index (χ0n) is 13.8. The van der Waals surface area contributed by atoms with Gasteiger partial charge in [-0.25, -0.2) is 0 Å². The van der Waals surface area contributed by atoms with Crippen molar-refractivity contribution in [1.29, 1.82) is 0 Å². The molecule has 128 valence electrons. The van der Waals surface area contributed by atoms with Crippen molar-refractivity contribution in [2.24, 2.45) is 0 Å². The number of aromatic hydroxyl groups is 1. The number of anilines is 1. The van der Waals surface area contributed by atoms with Gasteiger partial charge in [0.15, 0.2) is 5.82 Å². The maximum atomic E-state index is 12.7. The summed E-state index contributed by atoms with van der Waals surface area (Å²) in [4.78, 5) is 16.7. The van der Waals surface area contributed by atoms with E-state index in [1.54, 1.807) is 36.7 Å². The predicted octanol–water partition coefficient (Wildman–Crippen LogP) is 3.27. The molecule has 0 atom stereocenters. The number of nitrogen functional groups attached to an aromatic ring is 1. The van der Waals surface area contributed by atoms with Crippen molar-refractivity contribution in [1.82, 2.24) is 14.8 Å². The molecule has 3 N–H and O–H groups in total. The second-order valence-corrected chi connectivity index (χ2v) is 6.00. The molecule has 6 heteroatoms. The van der Waals surface area contributed by atoms with E-state index in [1.165, 1.54) is 4.68 Å². The molecule has 4 rings (SSSR count). The van der Waals surface area contributed by atoms with Crippen molar-refractivity contribution < 1.29 is 9.90 Å². The fourth-order valence-corrected chi connectivity index (χ4v) is 2.92. The van der Waals surface area contributed by atoms with E-state index in [9.17, 15) is 9.90 Å². The second-order valence-electron chi connectivity index (χ2n) is 6.00. The largest absolute Gasteiger partial charge is 0.508 e. The molecule has 0 aliphatic heterocycles. The highest BCUT2D eigenvalue weighted by atomic mass is 16.3. The quantitative estimate of drug-likeness (QED) is 0.595. The molecule has 6 nitrogen and oxygen atoms in total. The Labute approximate surface area is 149 Å². The molecule has 2 aromatic carbocycles. The standard InChI is InChI=1S/C20H16N4O2/c21-20-17-12-15(14-7-9-22-10-8-14)3-6-18(17)24(23-20)19(26)11-13-1-4-16(25)5-2-13/h1-10,12,25H,11H2,(H2,21,23). The number of hydrogen-bond donors (Lipinski definition) is 2. The molecule has 0 aliphatic carbocycles. The number of carbonyl (C=O) groups excluding carboxylic acids is 1.